The molecule has 1 aliphatic heterocycles. The predicted molar refractivity (Wildman–Crippen MR) is 83.7 cm³/mol. The lowest BCUT2D eigenvalue weighted by atomic mass is 9.91. The van der Waals surface area contributed by atoms with Gasteiger partial charge in [-0.1, -0.05) is 61.2 Å². The van der Waals surface area contributed by atoms with Crippen molar-refractivity contribution in [2.75, 3.05) is 5.32 Å². The fraction of sp³-hybridized carbons (Fsp3) is 0.562. The van der Waals surface area contributed by atoms with E-state index in [1.54, 1.807) is 0 Å². The Morgan fingerprint density at radius 1 is 1.37 bits per heavy atom. The number of unbranched alkanes of at least 4 members (excludes halogenated alkanes) is 1. The predicted octanol–water partition coefficient (Wildman–Crippen LogP) is 4.83. The van der Waals surface area contributed by atoms with Crippen LogP contribution in [0.3, 0.4) is 0 Å². The Kier molecular flexibility index (Phi) is 5.03. The van der Waals surface area contributed by atoms with Gasteiger partial charge in [-0.05, 0) is 29.5 Å². The topological polar surface area (TPSA) is 29.1 Å². The van der Waals surface area contributed by atoms with E-state index < -0.39 is 0 Å². The molecule has 0 saturated carbocycles. The van der Waals surface area contributed by atoms with Gasteiger partial charge in [-0.15, -0.1) is 0 Å². The van der Waals surface area contributed by atoms with Crippen LogP contribution in [0.4, 0.5) is 5.69 Å². The Morgan fingerprint density at radius 2 is 2.16 bits per heavy atom. The van der Waals surface area contributed by atoms with Crippen LogP contribution in [-0.4, -0.2) is 5.91 Å². The second kappa shape index (κ2) is 6.56. The van der Waals surface area contributed by atoms with E-state index in [2.05, 4.69) is 47.2 Å². The summed E-state index contributed by atoms with van der Waals surface area (Å²) in [5.74, 6) is 0.777. The zero-order valence-electron chi connectivity index (χ0n) is 11.7. The molecule has 0 bridgehead atoms. The highest BCUT2D eigenvalue weighted by atomic mass is 79.9. The molecule has 0 aliphatic carbocycles. The summed E-state index contributed by atoms with van der Waals surface area (Å²) in [4.78, 5) is 11.8. The molecule has 1 aromatic carbocycles. The lowest BCUT2D eigenvalue weighted by Gasteiger charge is -2.22. The molecule has 0 spiro atoms. The van der Waals surface area contributed by atoms with Crippen LogP contribution in [0.1, 0.15) is 55.5 Å². The maximum absolute atomic E-state index is 11.4. The summed E-state index contributed by atoms with van der Waals surface area (Å²) in [6.07, 6.45) is 5.50. The highest BCUT2D eigenvalue weighted by Crippen LogP contribution is 2.38. The number of benzene rings is 1. The molecule has 0 aromatic heterocycles. The van der Waals surface area contributed by atoms with Crippen LogP contribution in [0.25, 0.3) is 0 Å². The number of anilines is 1. The monoisotopic (exact) mass is 323 g/mol. The van der Waals surface area contributed by atoms with Gasteiger partial charge in [-0.2, -0.15) is 0 Å². The molecule has 104 valence electrons. The van der Waals surface area contributed by atoms with Gasteiger partial charge in [0.1, 0.15) is 0 Å². The Labute approximate surface area is 124 Å². The van der Waals surface area contributed by atoms with Crippen LogP contribution in [0.15, 0.2) is 18.2 Å². The summed E-state index contributed by atoms with van der Waals surface area (Å²) in [6.45, 7) is 4.50. The Bertz CT molecular complexity index is 458. The SMILES string of the molecule is CCCCC(CC)C(Br)c1ccc2c(c1)CC(=O)N2. The number of carbonyl (C=O) groups excluding carboxylic acids is 1. The fourth-order valence-corrected chi connectivity index (χ4v) is 3.64. The Balaban J connectivity index is 2.12. The third kappa shape index (κ3) is 3.38. The first-order valence-electron chi connectivity index (χ1n) is 7.22. The summed E-state index contributed by atoms with van der Waals surface area (Å²) in [6, 6.07) is 6.36. The second-order valence-corrected chi connectivity index (χ2v) is 6.34. The van der Waals surface area contributed by atoms with E-state index in [0.29, 0.717) is 17.2 Å². The molecule has 1 aromatic rings. The van der Waals surface area contributed by atoms with E-state index in [9.17, 15) is 4.79 Å². The number of hydrogen-bond donors (Lipinski definition) is 1. The molecule has 19 heavy (non-hydrogen) atoms. The summed E-state index contributed by atoms with van der Waals surface area (Å²) in [5, 5.41) is 2.89. The number of nitrogens with one attached hydrogen (secondary N) is 1. The Morgan fingerprint density at radius 3 is 2.84 bits per heavy atom. The van der Waals surface area contributed by atoms with Crippen molar-refractivity contribution in [3.8, 4) is 0 Å². The fourth-order valence-electron chi connectivity index (χ4n) is 2.72. The molecule has 2 rings (SSSR count). The van der Waals surface area contributed by atoms with Gasteiger partial charge in [-0.25, -0.2) is 0 Å². The number of rotatable bonds is 6. The minimum atomic E-state index is 0.108. The first-order valence-corrected chi connectivity index (χ1v) is 8.14. The zero-order valence-corrected chi connectivity index (χ0v) is 13.3. The maximum atomic E-state index is 11.4. The summed E-state index contributed by atoms with van der Waals surface area (Å²) in [5.41, 5.74) is 3.42. The highest BCUT2D eigenvalue weighted by Gasteiger charge is 2.22. The molecule has 1 N–H and O–H groups in total. The maximum Gasteiger partial charge on any atom is 0.228 e. The van der Waals surface area contributed by atoms with Crippen LogP contribution in [0, 0.1) is 5.92 Å². The molecule has 1 amide bonds. The highest BCUT2D eigenvalue weighted by molar-refractivity contribution is 9.09. The van der Waals surface area contributed by atoms with E-state index in [-0.39, 0.29) is 5.91 Å². The number of hydrogen-bond acceptors (Lipinski definition) is 1. The average molecular weight is 324 g/mol. The van der Waals surface area contributed by atoms with Gasteiger partial charge in [0.2, 0.25) is 5.91 Å². The molecular weight excluding hydrogens is 302 g/mol. The third-order valence-corrected chi connectivity index (χ3v) is 5.22. The quantitative estimate of drug-likeness (QED) is 0.746. The van der Waals surface area contributed by atoms with Gasteiger partial charge in [0.15, 0.2) is 0 Å². The van der Waals surface area contributed by atoms with Crippen LogP contribution in [0.5, 0.6) is 0 Å². The van der Waals surface area contributed by atoms with Gasteiger partial charge >= 0.3 is 0 Å². The lowest BCUT2D eigenvalue weighted by molar-refractivity contribution is -0.115. The van der Waals surface area contributed by atoms with Gasteiger partial charge in [0, 0.05) is 10.5 Å². The molecule has 2 unspecified atom stereocenters. The summed E-state index contributed by atoms with van der Waals surface area (Å²) in [7, 11) is 0. The molecule has 2 atom stereocenters. The van der Waals surface area contributed by atoms with Crippen molar-refractivity contribution in [2.45, 2.75) is 50.8 Å². The van der Waals surface area contributed by atoms with E-state index in [1.807, 2.05) is 6.07 Å². The van der Waals surface area contributed by atoms with Crippen molar-refractivity contribution in [2.24, 2.45) is 5.92 Å². The lowest BCUT2D eigenvalue weighted by Crippen LogP contribution is -2.07. The smallest absolute Gasteiger partial charge is 0.228 e. The minimum absolute atomic E-state index is 0.108. The number of carbonyl (C=O) groups is 1. The van der Waals surface area contributed by atoms with Crippen molar-refractivity contribution >= 4 is 27.5 Å². The number of halogens is 1. The zero-order chi connectivity index (χ0) is 13.8. The first kappa shape index (κ1) is 14.6. The molecule has 3 heteroatoms. The van der Waals surface area contributed by atoms with Crippen molar-refractivity contribution in [3.05, 3.63) is 29.3 Å². The van der Waals surface area contributed by atoms with E-state index in [4.69, 9.17) is 0 Å². The van der Waals surface area contributed by atoms with Crippen molar-refractivity contribution in [1.29, 1.82) is 0 Å². The molecule has 0 fully saturated rings. The van der Waals surface area contributed by atoms with Crippen LogP contribution in [0.2, 0.25) is 0 Å². The standard InChI is InChI=1S/C16H22BrNO/c1-3-5-6-11(4-2)16(17)12-7-8-14-13(9-12)10-15(19)18-14/h7-9,11,16H,3-6,10H2,1-2H3,(H,18,19). The first-order chi connectivity index (χ1) is 9.15. The van der Waals surface area contributed by atoms with Crippen molar-refractivity contribution in [3.63, 3.8) is 0 Å². The van der Waals surface area contributed by atoms with Crippen molar-refractivity contribution in [1.82, 2.24) is 0 Å². The van der Waals surface area contributed by atoms with E-state index in [0.717, 1.165) is 11.3 Å². The second-order valence-electron chi connectivity index (χ2n) is 5.35. The van der Waals surface area contributed by atoms with Crippen LogP contribution < -0.4 is 5.32 Å². The van der Waals surface area contributed by atoms with Gasteiger partial charge < -0.3 is 5.32 Å². The third-order valence-electron chi connectivity index (χ3n) is 3.94. The molecule has 1 heterocycles. The van der Waals surface area contributed by atoms with Crippen LogP contribution >= 0.6 is 15.9 Å². The number of amides is 1. The number of fused-ring (bicyclic) bond motifs is 1. The van der Waals surface area contributed by atoms with E-state index in [1.165, 1.54) is 31.2 Å². The largest absolute Gasteiger partial charge is 0.326 e. The minimum Gasteiger partial charge on any atom is -0.326 e. The van der Waals surface area contributed by atoms with Gasteiger partial charge in [0.05, 0.1) is 6.42 Å². The molecule has 1 aliphatic rings. The van der Waals surface area contributed by atoms with Gasteiger partial charge in [-0.3, -0.25) is 4.79 Å². The molecular formula is C16H22BrNO. The summed E-state index contributed by atoms with van der Waals surface area (Å²) < 4.78 is 0. The normalized spacial score (nSPS) is 16.9. The van der Waals surface area contributed by atoms with Crippen molar-refractivity contribution < 1.29 is 4.79 Å². The van der Waals surface area contributed by atoms with Crippen LogP contribution in [-0.2, 0) is 11.2 Å². The Hall–Kier alpha value is -0.830. The molecule has 0 saturated heterocycles. The van der Waals surface area contributed by atoms with E-state index >= 15 is 0 Å². The molecule has 2 nitrogen and oxygen atoms in total. The summed E-state index contributed by atoms with van der Waals surface area (Å²) >= 11 is 3.86. The molecule has 0 radical (unpaired) electrons. The number of alkyl halides is 1. The van der Waals surface area contributed by atoms with Gasteiger partial charge in [0.25, 0.3) is 0 Å². The average Bonchev–Trinajstić information content (AvgIpc) is 2.78.